The van der Waals surface area contributed by atoms with E-state index in [2.05, 4.69) is 48.3 Å². The SMILES string of the molecule is [B](c1ccc(C2=C3CCCCCCC3C=NN2)cc1)C1CCCC1. The molecule has 1 atom stereocenters. The summed E-state index contributed by atoms with van der Waals surface area (Å²) >= 11 is 0. The summed E-state index contributed by atoms with van der Waals surface area (Å²) in [7, 11) is 2.47. The fraction of sp³-hybridized carbons (Fsp3) is 0.571. The first kappa shape index (κ1) is 16.0. The summed E-state index contributed by atoms with van der Waals surface area (Å²) < 4.78 is 0. The van der Waals surface area contributed by atoms with E-state index in [0.717, 1.165) is 5.82 Å². The van der Waals surface area contributed by atoms with Gasteiger partial charge in [0.05, 0.1) is 5.70 Å². The average Bonchev–Trinajstić information content (AvgIpc) is 3.09. The molecule has 0 bridgehead atoms. The molecule has 0 aromatic heterocycles. The van der Waals surface area contributed by atoms with Crippen molar-refractivity contribution in [1.29, 1.82) is 0 Å². The van der Waals surface area contributed by atoms with Gasteiger partial charge in [-0.15, -0.1) is 0 Å². The Labute approximate surface area is 147 Å². The summed E-state index contributed by atoms with van der Waals surface area (Å²) in [4.78, 5) is 0. The second-order valence-corrected chi connectivity index (χ2v) is 7.68. The zero-order chi connectivity index (χ0) is 16.2. The predicted molar refractivity (Wildman–Crippen MR) is 104 cm³/mol. The molecular formula is C21H28BN2. The maximum absolute atomic E-state index is 4.46. The number of rotatable bonds is 3. The highest BCUT2D eigenvalue weighted by Crippen LogP contribution is 2.33. The lowest BCUT2D eigenvalue weighted by atomic mass is 9.58. The van der Waals surface area contributed by atoms with E-state index in [1.54, 1.807) is 5.57 Å². The fourth-order valence-electron chi connectivity index (χ4n) is 4.54. The van der Waals surface area contributed by atoms with Gasteiger partial charge in [0.1, 0.15) is 0 Å². The van der Waals surface area contributed by atoms with Gasteiger partial charge in [-0.25, -0.2) is 0 Å². The highest BCUT2D eigenvalue weighted by molar-refractivity contribution is 6.55. The Balaban J connectivity index is 1.53. The normalized spacial score (nSPS) is 24.9. The van der Waals surface area contributed by atoms with Crippen LogP contribution in [0.4, 0.5) is 0 Å². The molecule has 1 aromatic carbocycles. The van der Waals surface area contributed by atoms with E-state index >= 15 is 0 Å². The molecule has 2 fully saturated rings. The molecule has 1 aliphatic heterocycles. The Kier molecular flexibility index (Phi) is 5.06. The van der Waals surface area contributed by atoms with Gasteiger partial charge in [-0.3, -0.25) is 5.43 Å². The monoisotopic (exact) mass is 319 g/mol. The minimum absolute atomic E-state index is 0.547. The molecule has 1 heterocycles. The lowest BCUT2D eigenvalue weighted by Crippen LogP contribution is -2.23. The fourth-order valence-corrected chi connectivity index (χ4v) is 4.54. The van der Waals surface area contributed by atoms with Gasteiger partial charge in [-0.05, 0) is 30.4 Å². The lowest BCUT2D eigenvalue weighted by molar-refractivity contribution is 0.526. The number of hydrazone groups is 1. The Morgan fingerprint density at radius 2 is 1.62 bits per heavy atom. The largest absolute Gasteiger partial charge is 0.278 e. The van der Waals surface area contributed by atoms with Gasteiger partial charge in [0, 0.05) is 12.1 Å². The molecule has 24 heavy (non-hydrogen) atoms. The number of nitrogens with one attached hydrogen (secondary N) is 1. The summed E-state index contributed by atoms with van der Waals surface area (Å²) in [5, 5.41) is 4.46. The molecule has 1 N–H and O–H groups in total. The first-order chi connectivity index (χ1) is 11.9. The van der Waals surface area contributed by atoms with Gasteiger partial charge in [0.2, 0.25) is 0 Å². The standard InChI is InChI=1S/C21H28BN2/c1-2-4-10-20-17(7-3-1)15-23-24-21(20)16-11-13-19(14-12-16)22-18-8-5-6-9-18/h11-15,17-18,24H,1-10H2. The third-order valence-electron chi connectivity index (χ3n) is 5.94. The van der Waals surface area contributed by atoms with E-state index in [1.165, 1.54) is 80.9 Å². The van der Waals surface area contributed by atoms with Crippen LogP contribution in [-0.4, -0.2) is 13.5 Å². The van der Waals surface area contributed by atoms with Crippen molar-refractivity contribution in [2.45, 2.75) is 70.0 Å². The second-order valence-electron chi connectivity index (χ2n) is 7.68. The van der Waals surface area contributed by atoms with Crippen LogP contribution < -0.4 is 10.9 Å². The van der Waals surface area contributed by atoms with E-state index in [0.29, 0.717) is 5.92 Å². The van der Waals surface area contributed by atoms with Crippen LogP contribution in [0.15, 0.2) is 34.9 Å². The summed E-state index contributed by atoms with van der Waals surface area (Å²) in [6.45, 7) is 0. The van der Waals surface area contributed by atoms with Gasteiger partial charge in [-0.1, -0.05) is 80.5 Å². The Morgan fingerprint density at radius 1 is 0.875 bits per heavy atom. The topological polar surface area (TPSA) is 24.4 Å². The van der Waals surface area contributed by atoms with Crippen LogP contribution in [-0.2, 0) is 0 Å². The van der Waals surface area contributed by atoms with Gasteiger partial charge in [0.15, 0.2) is 7.28 Å². The van der Waals surface area contributed by atoms with E-state index < -0.39 is 0 Å². The molecule has 1 aromatic rings. The second kappa shape index (κ2) is 7.59. The van der Waals surface area contributed by atoms with Crippen molar-refractivity contribution in [3.63, 3.8) is 0 Å². The third-order valence-corrected chi connectivity index (χ3v) is 5.94. The number of benzene rings is 1. The maximum atomic E-state index is 4.46. The molecule has 0 amide bonds. The zero-order valence-corrected chi connectivity index (χ0v) is 14.6. The Morgan fingerprint density at radius 3 is 2.46 bits per heavy atom. The van der Waals surface area contributed by atoms with Crippen LogP contribution in [0.25, 0.3) is 5.70 Å². The van der Waals surface area contributed by atoms with E-state index in [9.17, 15) is 0 Å². The quantitative estimate of drug-likeness (QED) is 0.806. The van der Waals surface area contributed by atoms with Gasteiger partial charge in [-0.2, -0.15) is 5.10 Å². The molecule has 0 saturated heterocycles. The van der Waals surface area contributed by atoms with Crippen LogP contribution in [0.5, 0.6) is 0 Å². The lowest BCUT2D eigenvalue weighted by Gasteiger charge is -2.27. The summed E-state index contributed by atoms with van der Waals surface area (Å²) in [6, 6.07) is 9.15. The van der Waals surface area contributed by atoms with Crippen LogP contribution >= 0.6 is 0 Å². The van der Waals surface area contributed by atoms with E-state index in [4.69, 9.17) is 0 Å². The highest BCUT2D eigenvalue weighted by Gasteiger charge is 2.22. The van der Waals surface area contributed by atoms with E-state index in [1.807, 2.05) is 0 Å². The number of fused-ring (bicyclic) bond motifs is 1. The zero-order valence-electron chi connectivity index (χ0n) is 14.6. The van der Waals surface area contributed by atoms with Gasteiger partial charge < -0.3 is 0 Å². The molecule has 0 spiro atoms. The molecule has 3 heteroatoms. The minimum Gasteiger partial charge on any atom is -0.278 e. The Hall–Kier alpha value is -1.51. The van der Waals surface area contributed by atoms with Crippen molar-refractivity contribution in [1.82, 2.24) is 5.43 Å². The summed E-state index contributed by atoms with van der Waals surface area (Å²) in [5.41, 5.74) is 8.85. The molecule has 4 rings (SSSR count). The van der Waals surface area contributed by atoms with Gasteiger partial charge >= 0.3 is 0 Å². The van der Waals surface area contributed by atoms with Crippen molar-refractivity contribution in [3.05, 3.63) is 35.4 Å². The molecule has 2 saturated carbocycles. The van der Waals surface area contributed by atoms with Crippen molar-refractivity contribution in [2.75, 3.05) is 0 Å². The Bertz CT molecular complexity index is 611. The minimum atomic E-state index is 0.547. The number of allylic oxidation sites excluding steroid dienone is 1. The highest BCUT2D eigenvalue weighted by atomic mass is 15.3. The number of hydrogen-bond donors (Lipinski definition) is 1. The molecule has 2 nitrogen and oxygen atoms in total. The van der Waals surface area contributed by atoms with E-state index in [-0.39, 0.29) is 0 Å². The third kappa shape index (κ3) is 3.60. The molecule has 2 aliphatic carbocycles. The summed E-state index contributed by atoms with van der Waals surface area (Å²) in [6.07, 6.45) is 15.6. The van der Waals surface area contributed by atoms with Crippen molar-refractivity contribution in [3.8, 4) is 0 Å². The van der Waals surface area contributed by atoms with Crippen LogP contribution in [0, 0.1) is 5.92 Å². The number of hydrogen-bond acceptors (Lipinski definition) is 2. The molecule has 125 valence electrons. The molecule has 3 aliphatic rings. The van der Waals surface area contributed by atoms with Crippen molar-refractivity contribution >= 4 is 24.7 Å². The van der Waals surface area contributed by atoms with Crippen molar-refractivity contribution < 1.29 is 0 Å². The van der Waals surface area contributed by atoms with Crippen LogP contribution in [0.1, 0.15) is 69.8 Å². The molecular weight excluding hydrogens is 291 g/mol. The molecule has 1 radical (unpaired) electrons. The average molecular weight is 319 g/mol. The predicted octanol–water partition coefficient (Wildman–Crippen LogP) is 4.65. The molecule has 1 unspecified atom stereocenters. The van der Waals surface area contributed by atoms with Crippen molar-refractivity contribution in [2.24, 2.45) is 11.0 Å². The van der Waals surface area contributed by atoms with Gasteiger partial charge in [0.25, 0.3) is 0 Å². The maximum Gasteiger partial charge on any atom is 0.154 e. The van der Waals surface area contributed by atoms with Crippen LogP contribution in [0.2, 0.25) is 5.82 Å². The first-order valence-electron chi connectivity index (χ1n) is 9.88. The van der Waals surface area contributed by atoms with Crippen LogP contribution in [0.3, 0.4) is 0 Å². The number of nitrogens with zero attached hydrogens (tertiary/aromatic N) is 1. The summed E-state index contributed by atoms with van der Waals surface area (Å²) in [5.74, 6) is 1.34. The first-order valence-corrected chi connectivity index (χ1v) is 9.88. The smallest absolute Gasteiger partial charge is 0.154 e.